The van der Waals surface area contributed by atoms with Crippen molar-refractivity contribution in [1.82, 2.24) is 20.1 Å². The van der Waals surface area contributed by atoms with Gasteiger partial charge in [0.15, 0.2) is 0 Å². The average molecular weight is 267 g/mol. The number of pyridine rings is 1. The normalized spacial score (nSPS) is 22.9. The number of hydrogen-bond donors (Lipinski definition) is 1. The van der Waals surface area contributed by atoms with Crippen molar-refractivity contribution in [1.29, 1.82) is 0 Å². The minimum Gasteiger partial charge on any atom is -0.314 e. The quantitative estimate of drug-likeness (QED) is 0.821. The standard InChI is InChI=1S/C13H19ClN4/c14-13-3-1-2-11(16-13)10-17-4-6-18(7-5-17)12-8-15-9-12/h1-3,12,15H,4-10H2. The zero-order chi connectivity index (χ0) is 12.4. The largest absolute Gasteiger partial charge is 0.314 e. The zero-order valence-corrected chi connectivity index (χ0v) is 11.2. The Balaban J connectivity index is 1.50. The number of halogens is 1. The molecular formula is C13H19ClN4. The third-order valence-electron chi connectivity index (χ3n) is 3.84. The fourth-order valence-corrected chi connectivity index (χ4v) is 2.77. The lowest BCUT2D eigenvalue weighted by Gasteiger charge is -2.43. The summed E-state index contributed by atoms with van der Waals surface area (Å²) >= 11 is 5.91. The van der Waals surface area contributed by atoms with Crippen LogP contribution in [-0.4, -0.2) is 60.1 Å². The molecule has 18 heavy (non-hydrogen) atoms. The van der Waals surface area contributed by atoms with E-state index < -0.39 is 0 Å². The Hall–Kier alpha value is -0.680. The maximum absolute atomic E-state index is 5.91. The van der Waals surface area contributed by atoms with E-state index in [0.29, 0.717) is 5.15 Å². The van der Waals surface area contributed by atoms with Gasteiger partial charge in [0.1, 0.15) is 5.15 Å². The van der Waals surface area contributed by atoms with E-state index in [1.807, 2.05) is 18.2 Å². The maximum Gasteiger partial charge on any atom is 0.129 e. The third kappa shape index (κ3) is 2.83. The lowest BCUT2D eigenvalue weighted by Crippen LogP contribution is -2.61. The smallest absolute Gasteiger partial charge is 0.129 e. The molecule has 4 nitrogen and oxygen atoms in total. The molecule has 98 valence electrons. The van der Waals surface area contributed by atoms with Crippen LogP contribution in [0.4, 0.5) is 0 Å². The number of nitrogens with one attached hydrogen (secondary N) is 1. The van der Waals surface area contributed by atoms with E-state index in [2.05, 4.69) is 20.1 Å². The molecule has 3 rings (SSSR count). The SMILES string of the molecule is Clc1cccc(CN2CCN(C3CNC3)CC2)n1. The molecule has 0 unspecified atom stereocenters. The molecule has 0 atom stereocenters. The van der Waals surface area contributed by atoms with Crippen molar-refractivity contribution in [3.05, 3.63) is 29.0 Å². The highest BCUT2D eigenvalue weighted by Gasteiger charge is 2.27. The predicted octanol–water partition coefficient (Wildman–Crippen LogP) is 0.824. The molecule has 0 amide bonds. The molecule has 0 aliphatic carbocycles. The summed E-state index contributed by atoms with van der Waals surface area (Å²) in [6.45, 7) is 7.85. The van der Waals surface area contributed by atoms with Crippen LogP contribution in [0, 0.1) is 0 Å². The highest BCUT2D eigenvalue weighted by molar-refractivity contribution is 6.29. The van der Waals surface area contributed by atoms with Gasteiger partial charge in [-0.1, -0.05) is 17.7 Å². The molecule has 1 aromatic heterocycles. The van der Waals surface area contributed by atoms with Gasteiger partial charge in [0.25, 0.3) is 0 Å². The van der Waals surface area contributed by atoms with E-state index in [1.54, 1.807) is 0 Å². The van der Waals surface area contributed by atoms with Gasteiger partial charge in [-0.2, -0.15) is 0 Å². The number of rotatable bonds is 3. The van der Waals surface area contributed by atoms with Crippen LogP contribution in [-0.2, 0) is 6.54 Å². The van der Waals surface area contributed by atoms with Crippen molar-refractivity contribution in [3.63, 3.8) is 0 Å². The first-order valence-electron chi connectivity index (χ1n) is 6.60. The van der Waals surface area contributed by atoms with Crippen LogP contribution in [0.15, 0.2) is 18.2 Å². The Labute approximate surface area is 113 Å². The van der Waals surface area contributed by atoms with Gasteiger partial charge in [0, 0.05) is 51.9 Å². The van der Waals surface area contributed by atoms with E-state index in [4.69, 9.17) is 11.6 Å². The maximum atomic E-state index is 5.91. The lowest BCUT2D eigenvalue weighted by molar-refractivity contribution is 0.0690. The molecular weight excluding hydrogens is 248 g/mol. The van der Waals surface area contributed by atoms with Crippen LogP contribution in [0.3, 0.4) is 0 Å². The second kappa shape index (κ2) is 5.53. The molecule has 3 heterocycles. The first-order valence-corrected chi connectivity index (χ1v) is 6.97. The van der Waals surface area contributed by atoms with Gasteiger partial charge in [-0.15, -0.1) is 0 Å². The van der Waals surface area contributed by atoms with Crippen LogP contribution >= 0.6 is 11.6 Å². The van der Waals surface area contributed by atoms with Crippen molar-refractivity contribution in [2.45, 2.75) is 12.6 Å². The van der Waals surface area contributed by atoms with Gasteiger partial charge in [0.2, 0.25) is 0 Å². The second-order valence-corrected chi connectivity index (χ2v) is 5.46. The minimum absolute atomic E-state index is 0.590. The summed E-state index contributed by atoms with van der Waals surface area (Å²) in [6, 6.07) is 6.62. The molecule has 1 N–H and O–H groups in total. The molecule has 1 aromatic rings. The van der Waals surface area contributed by atoms with Gasteiger partial charge >= 0.3 is 0 Å². The topological polar surface area (TPSA) is 31.4 Å². The van der Waals surface area contributed by atoms with Gasteiger partial charge in [-0.25, -0.2) is 4.98 Å². The van der Waals surface area contributed by atoms with E-state index in [9.17, 15) is 0 Å². The first kappa shape index (κ1) is 12.4. The summed E-state index contributed by atoms with van der Waals surface area (Å²) in [4.78, 5) is 9.40. The highest BCUT2D eigenvalue weighted by Crippen LogP contribution is 2.12. The van der Waals surface area contributed by atoms with Crippen LogP contribution in [0.2, 0.25) is 5.15 Å². The molecule has 2 aliphatic rings. The lowest BCUT2D eigenvalue weighted by atomic mass is 10.1. The summed E-state index contributed by atoms with van der Waals surface area (Å²) in [6.07, 6.45) is 0. The van der Waals surface area contributed by atoms with Crippen LogP contribution < -0.4 is 5.32 Å². The molecule has 5 heteroatoms. The molecule has 0 bridgehead atoms. The first-order chi connectivity index (χ1) is 8.81. The van der Waals surface area contributed by atoms with Crippen molar-refractivity contribution < 1.29 is 0 Å². The zero-order valence-electron chi connectivity index (χ0n) is 10.5. The van der Waals surface area contributed by atoms with Crippen molar-refractivity contribution in [2.24, 2.45) is 0 Å². The molecule has 0 saturated carbocycles. The van der Waals surface area contributed by atoms with E-state index in [0.717, 1.165) is 44.5 Å². The fraction of sp³-hybridized carbons (Fsp3) is 0.615. The summed E-state index contributed by atoms with van der Waals surface area (Å²) in [5.74, 6) is 0. The number of hydrogen-bond acceptors (Lipinski definition) is 4. The van der Waals surface area contributed by atoms with Crippen LogP contribution in [0.1, 0.15) is 5.69 Å². The van der Waals surface area contributed by atoms with Crippen LogP contribution in [0.25, 0.3) is 0 Å². The molecule has 0 radical (unpaired) electrons. The molecule has 2 fully saturated rings. The van der Waals surface area contributed by atoms with E-state index in [-0.39, 0.29) is 0 Å². The molecule has 0 aromatic carbocycles. The van der Waals surface area contributed by atoms with Crippen LogP contribution in [0.5, 0.6) is 0 Å². The van der Waals surface area contributed by atoms with Gasteiger partial charge in [0.05, 0.1) is 5.69 Å². The average Bonchev–Trinajstić information content (AvgIpc) is 2.29. The van der Waals surface area contributed by atoms with E-state index in [1.165, 1.54) is 13.1 Å². The summed E-state index contributed by atoms with van der Waals surface area (Å²) < 4.78 is 0. The Kier molecular flexibility index (Phi) is 3.80. The fourth-order valence-electron chi connectivity index (χ4n) is 2.59. The van der Waals surface area contributed by atoms with Crippen molar-refractivity contribution >= 4 is 11.6 Å². The Morgan fingerprint density at radius 2 is 2.00 bits per heavy atom. The Morgan fingerprint density at radius 1 is 1.22 bits per heavy atom. The summed E-state index contributed by atoms with van der Waals surface area (Å²) in [5.41, 5.74) is 1.07. The monoisotopic (exact) mass is 266 g/mol. The minimum atomic E-state index is 0.590. The third-order valence-corrected chi connectivity index (χ3v) is 4.05. The number of piperazine rings is 1. The molecule has 2 saturated heterocycles. The highest BCUT2D eigenvalue weighted by atomic mass is 35.5. The van der Waals surface area contributed by atoms with Gasteiger partial charge in [-0.3, -0.25) is 9.80 Å². The van der Waals surface area contributed by atoms with Gasteiger partial charge in [-0.05, 0) is 12.1 Å². The Morgan fingerprint density at radius 3 is 2.61 bits per heavy atom. The van der Waals surface area contributed by atoms with Gasteiger partial charge < -0.3 is 5.32 Å². The predicted molar refractivity (Wildman–Crippen MR) is 72.8 cm³/mol. The Bertz CT molecular complexity index is 400. The second-order valence-electron chi connectivity index (χ2n) is 5.08. The molecule has 2 aliphatic heterocycles. The summed E-state index contributed by atoms with van der Waals surface area (Å²) in [7, 11) is 0. The van der Waals surface area contributed by atoms with Crippen molar-refractivity contribution in [3.8, 4) is 0 Å². The molecule has 0 spiro atoms. The van der Waals surface area contributed by atoms with E-state index >= 15 is 0 Å². The van der Waals surface area contributed by atoms with Crippen molar-refractivity contribution in [2.75, 3.05) is 39.3 Å². The number of aromatic nitrogens is 1. The number of nitrogens with zero attached hydrogens (tertiary/aromatic N) is 3. The summed E-state index contributed by atoms with van der Waals surface area (Å²) in [5, 5.41) is 3.93.